The van der Waals surface area contributed by atoms with Crippen LogP contribution in [0.25, 0.3) is 0 Å². The van der Waals surface area contributed by atoms with Gasteiger partial charge in [-0.25, -0.2) is 18.6 Å². The van der Waals surface area contributed by atoms with Gasteiger partial charge in [-0.2, -0.15) is 4.98 Å². The van der Waals surface area contributed by atoms with Gasteiger partial charge in [0.1, 0.15) is 29.3 Å². The van der Waals surface area contributed by atoms with Gasteiger partial charge in [-0.05, 0) is 31.9 Å². The lowest BCUT2D eigenvalue weighted by Crippen LogP contribution is -2.46. The number of nitrogens with one attached hydrogen (secondary N) is 1. The third-order valence-electron chi connectivity index (χ3n) is 3.90. The van der Waals surface area contributed by atoms with Crippen LogP contribution in [0, 0.1) is 18.6 Å². The highest BCUT2D eigenvalue weighted by molar-refractivity contribution is 5.89. The van der Waals surface area contributed by atoms with E-state index in [9.17, 15) is 13.6 Å². The highest BCUT2D eigenvalue weighted by atomic mass is 19.1. The molecular formula is C17H18F2N4O2. The Labute approximate surface area is 143 Å². The minimum atomic E-state index is -0.811. The lowest BCUT2D eigenvalue weighted by atomic mass is 10.1. The van der Waals surface area contributed by atoms with Crippen LogP contribution in [0.3, 0.4) is 0 Å². The van der Waals surface area contributed by atoms with Crippen molar-refractivity contribution in [3.8, 4) is 5.88 Å². The summed E-state index contributed by atoms with van der Waals surface area (Å²) < 4.78 is 33.1. The molecule has 132 valence electrons. The summed E-state index contributed by atoms with van der Waals surface area (Å²) in [6, 6.07) is 4.53. The van der Waals surface area contributed by atoms with Crippen molar-refractivity contribution in [1.29, 1.82) is 0 Å². The average molecular weight is 348 g/mol. The summed E-state index contributed by atoms with van der Waals surface area (Å²) in [5, 5.41) is 2.30. The minimum Gasteiger partial charge on any atom is -0.472 e. The molecule has 1 fully saturated rings. The zero-order valence-electron chi connectivity index (χ0n) is 13.7. The van der Waals surface area contributed by atoms with Crippen molar-refractivity contribution in [2.24, 2.45) is 0 Å². The largest absolute Gasteiger partial charge is 0.472 e. The van der Waals surface area contributed by atoms with Gasteiger partial charge in [0.2, 0.25) is 5.88 Å². The van der Waals surface area contributed by atoms with Crippen LogP contribution < -0.4 is 10.1 Å². The standard InChI is InChI=1S/C17H18F2N4O2/c1-11-20-8-7-15(21-11)25-12-4-3-9-23(10-12)17(24)22-16-13(18)5-2-6-14(16)19/h2,5-8,12H,3-4,9-10H2,1H3,(H,22,24). The van der Waals surface area contributed by atoms with E-state index in [-0.39, 0.29) is 6.10 Å². The molecular weight excluding hydrogens is 330 g/mol. The van der Waals surface area contributed by atoms with E-state index in [1.807, 2.05) is 0 Å². The number of amides is 2. The number of likely N-dealkylation sites (tertiary alicyclic amines) is 1. The van der Waals surface area contributed by atoms with E-state index in [4.69, 9.17) is 4.74 Å². The molecule has 2 amide bonds. The van der Waals surface area contributed by atoms with Crippen LogP contribution in [-0.4, -0.2) is 40.1 Å². The Morgan fingerprint density at radius 1 is 1.32 bits per heavy atom. The number of benzene rings is 1. The molecule has 0 spiro atoms. The van der Waals surface area contributed by atoms with Gasteiger partial charge in [0.05, 0.1) is 6.54 Å². The lowest BCUT2D eigenvalue weighted by Gasteiger charge is -2.32. The van der Waals surface area contributed by atoms with Gasteiger partial charge in [-0.15, -0.1) is 0 Å². The molecule has 1 aliphatic heterocycles. The minimum absolute atomic E-state index is 0.237. The zero-order chi connectivity index (χ0) is 17.8. The highest BCUT2D eigenvalue weighted by Crippen LogP contribution is 2.21. The van der Waals surface area contributed by atoms with Crippen LogP contribution in [0.4, 0.5) is 19.3 Å². The molecule has 0 radical (unpaired) electrons. The number of carbonyl (C=O) groups excluding carboxylic acids is 1. The van der Waals surface area contributed by atoms with Crippen molar-refractivity contribution in [3.05, 3.63) is 47.9 Å². The summed E-state index contributed by atoms with van der Waals surface area (Å²) in [6.07, 6.45) is 2.86. The number of aromatic nitrogens is 2. The molecule has 2 heterocycles. The number of para-hydroxylation sites is 1. The molecule has 1 unspecified atom stereocenters. The molecule has 1 aliphatic rings. The number of piperidine rings is 1. The SMILES string of the molecule is Cc1nccc(OC2CCCN(C(=O)Nc3c(F)cccc3F)C2)n1. The van der Waals surface area contributed by atoms with E-state index in [1.165, 1.54) is 11.0 Å². The molecule has 0 aliphatic carbocycles. The van der Waals surface area contributed by atoms with Crippen molar-refractivity contribution in [3.63, 3.8) is 0 Å². The molecule has 1 aromatic heterocycles. The first-order chi connectivity index (χ1) is 12.0. The van der Waals surface area contributed by atoms with E-state index in [1.54, 1.807) is 19.2 Å². The quantitative estimate of drug-likeness (QED) is 0.925. The molecule has 2 aromatic rings. The maximum absolute atomic E-state index is 13.7. The normalized spacial score (nSPS) is 17.2. The Kier molecular flexibility index (Phi) is 5.06. The fourth-order valence-corrected chi connectivity index (χ4v) is 2.69. The Bertz CT molecular complexity index is 752. The molecule has 0 saturated carbocycles. The number of hydrogen-bond acceptors (Lipinski definition) is 4. The van der Waals surface area contributed by atoms with Crippen molar-refractivity contribution in [2.45, 2.75) is 25.9 Å². The van der Waals surface area contributed by atoms with Gasteiger partial charge >= 0.3 is 6.03 Å². The van der Waals surface area contributed by atoms with E-state index in [2.05, 4.69) is 15.3 Å². The second kappa shape index (κ2) is 7.42. The highest BCUT2D eigenvalue weighted by Gasteiger charge is 2.26. The van der Waals surface area contributed by atoms with Crippen LogP contribution in [0.2, 0.25) is 0 Å². The Hall–Kier alpha value is -2.77. The number of aryl methyl sites for hydroxylation is 1. The number of anilines is 1. The van der Waals surface area contributed by atoms with Crippen molar-refractivity contribution in [2.75, 3.05) is 18.4 Å². The fourth-order valence-electron chi connectivity index (χ4n) is 2.69. The molecule has 25 heavy (non-hydrogen) atoms. The van der Waals surface area contributed by atoms with Gasteiger partial charge in [-0.1, -0.05) is 6.07 Å². The van der Waals surface area contributed by atoms with Gasteiger partial charge < -0.3 is 15.0 Å². The lowest BCUT2D eigenvalue weighted by molar-refractivity contribution is 0.102. The Balaban J connectivity index is 1.63. The summed E-state index contributed by atoms with van der Waals surface area (Å²) >= 11 is 0. The number of urea groups is 1. The van der Waals surface area contributed by atoms with Crippen LogP contribution >= 0.6 is 0 Å². The van der Waals surface area contributed by atoms with Crippen LogP contribution in [0.15, 0.2) is 30.5 Å². The predicted octanol–water partition coefficient (Wildman–Crippen LogP) is 3.14. The number of hydrogen-bond donors (Lipinski definition) is 1. The molecule has 1 saturated heterocycles. The van der Waals surface area contributed by atoms with Crippen LogP contribution in [0.5, 0.6) is 5.88 Å². The zero-order valence-corrected chi connectivity index (χ0v) is 13.7. The number of ether oxygens (including phenoxy) is 1. The third kappa shape index (κ3) is 4.20. The van der Waals surface area contributed by atoms with E-state index in [0.29, 0.717) is 24.8 Å². The second-order valence-corrected chi connectivity index (χ2v) is 5.80. The fraction of sp³-hybridized carbons (Fsp3) is 0.353. The first-order valence-electron chi connectivity index (χ1n) is 7.99. The molecule has 8 heteroatoms. The topological polar surface area (TPSA) is 67.3 Å². The summed E-state index contributed by atoms with van der Waals surface area (Å²) in [6.45, 7) is 2.56. The average Bonchev–Trinajstić information content (AvgIpc) is 2.58. The van der Waals surface area contributed by atoms with Crippen molar-refractivity contribution in [1.82, 2.24) is 14.9 Å². The van der Waals surface area contributed by atoms with Crippen LogP contribution in [0.1, 0.15) is 18.7 Å². The number of carbonyl (C=O) groups is 1. The molecule has 1 N–H and O–H groups in total. The van der Waals surface area contributed by atoms with E-state index in [0.717, 1.165) is 25.0 Å². The summed E-state index contributed by atoms with van der Waals surface area (Å²) in [7, 11) is 0. The first kappa shape index (κ1) is 17.1. The summed E-state index contributed by atoms with van der Waals surface area (Å²) in [5.41, 5.74) is -0.443. The summed E-state index contributed by atoms with van der Waals surface area (Å²) in [5.74, 6) is -0.581. The Morgan fingerprint density at radius 3 is 2.80 bits per heavy atom. The first-order valence-corrected chi connectivity index (χ1v) is 7.99. The van der Waals surface area contributed by atoms with Gasteiger partial charge in [0.15, 0.2) is 0 Å². The smallest absolute Gasteiger partial charge is 0.322 e. The monoisotopic (exact) mass is 348 g/mol. The van der Waals surface area contributed by atoms with E-state index < -0.39 is 23.4 Å². The van der Waals surface area contributed by atoms with Crippen molar-refractivity contribution >= 4 is 11.7 Å². The maximum Gasteiger partial charge on any atom is 0.322 e. The molecule has 0 bridgehead atoms. The van der Waals surface area contributed by atoms with Gasteiger partial charge in [0, 0.05) is 18.8 Å². The molecule has 1 atom stereocenters. The Morgan fingerprint density at radius 2 is 2.08 bits per heavy atom. The second-order valence-electron chi connectivity index (χ2n) is 5.80. The van der Waals surface area contributed by atoms with Crippen molar-refractivity contribution < 1.29 is 18.3 Å². The number of halogens is 2. The van der Waals surface area contributed by atoms with E-state index >= 15 is 0 Å². The molecule has 1 aromatic carbocycles. The maximum atomic E-state index is 13.7. The van der Waals surface area contributed by atoms with Gasteiger partial charge in [-0.3, -0.25) is 0 Å². The molecule has 6 nitrogen and oxygen atoms in total. The molecule has 3 rings (SSSR count). The predicted molar refractivity (Wildman–Crippen MR) is 87.4 cm³/mol. The third-order valence-corrected chi connectivity index (χ3v) is 3.90. The summed E-state index contributed by atoms with van der Waals surface area (Å²) in [4.78, 5) is 22.0. The number of rotatable bonds is 3. The number of nitrogens with zero attached hydrogens (tertiary/aromatic N) is 3. The van der Waals surface area contributed by atoms with Crippen LogP contribution in [-0.2, 0) is 0 Å². The van der Waals surface area contributed by atoms with Gasteiger partial charge in [0.25, 0.3) is 0 Å².